The fourth-order valence-electron chi connectivity index (χ4n) is 3.67. The second kappa shape index (κ2) is 3.45. The van der Waals surface area contributed by atoms with E-state index < -0.39 is 0 Å². The van der Waals surface area contributed by atoms with E-state index >= 15 is 0 Å². The van der Waals surface area contributed by atoms with Gasteiger partial charge in [0.15, 0.2) is 0 Å². The molecule has 1 spiro atoms. The molecule has 0 saturated carbocycles. The van der Waals surface area contributed by atoms with Gasteiger partial charge in [-0.05, 0) is 47.4 Å². The first kappa shape index (κ1) is 10.3. The predicted octanol–water partition coefficient (Wildman–Crippen LogP) is 2.24. The molecule has 2 bridgehead atoms. The van der Waals surface area contributed by atoms with Crippen molar-refractivity contribution < 1.29 is 4.74 Å². The van der Waals surface area contributed by atoms with Crippen molar-refractivity contribution >= 4 is 15.9 Å². The third-order valence-corrected chi connectivity index (χ3v) is 4.98. The minimum atomic E-state index is 0.346. The fraction of sp³-hybridized carbons (Fsp3) is 0.615. The van der Waals surface area contributed by atoms with Gasteiger partial charge in [-0.15, -0.1) is 0 Å². The van der Waals surface area contributed by atoms with E-state index in [0.717, 1.165) is 22.5 Å². The summed E-state index contributed by atoms with van der Waals surface area (Å²) in [5.41, 5.74) is 1.48. The van der Waals surface area contributed by atoms with Crippen molar-refractivity contribution in [1.82, 2.24) is 9.88 Å². The molecule has 3 nitrogen and oxygen atoms in total. The van der Waals surface area contributed by atoms with Gasteiger partial charge >= 0.3 is 0 Å². The lowest BCUT2D eigenvalue weighted by Crippen LogP contribution is -2.50. The first-order chi connectivity index (χ1) is 8.25. The monoisotopic (exact) mass is 294 g/mol. The lowest BCUT2D eigenvalue weighted by molar-refractivity contribution is -0.00199. The van der Waals surface area contributed by atoms with Crippen LogP contribution in [0.1, 0.15) is 18.5 Å². The van der Waals surface area contributed by atoms with Crippen LogP contribution in [0.3, 0.4) is 0 Å². The molecule has 90 valence electrons. The van der Waals surface area contributed by atoms with Crippen molar-refractivity contribution in [3.05, 3.63) is 22.4 Å². The topological polar surface area (TPSA) is 25.4 Å². The second-order valence-corrected chi connectivity index (χ2v) is 6.35. The molecule has 2 saturated heterocycles. The third kappa shape index (κ3) is 1.47. The Morgan fingerprint density at radius 1 is 1.41 bits per heavy atom. The normalized spacial score (nSPS) is 38.2. The van der Waals surface area contributed by atoms with Crippen LogP contribution >= 0.6 is 15.9 Å². The van der Waals surface area contributed by atoms with Gasteiger partial charge in [0.25, 0.3) is 0 Å². The van der Waals surface area contributed by atoms with E-state index in [-0.39, 0.29) is 0 Å². The Labute approximate surface area is 109 Å². The summed E-state index contributed by atoms with van der Waals surface area (Å²) >= 11 is 3.45. The van der Waals surface area contributed by atoms with Crippen molar-refractivity contribution in [2.24, 2.45) is 5.41 Å². The Kier molecular flexibility index (Phi) is 2.10. The highest BCUT2D eigenvalue weighted by Crippen LogP contribution is 2.48. The average Bonchev–Trinajstić information content (AvgIpc) is 2.64. The van der Waals surface area contributed by atoms with Gasteiger partial charge in [-0.2, -0.15) is 0 Å². The molecule has 0 radical (unpaired) electrons. The molecule has 3 aliphatic heterocycles. The van der Waals surface area contributed by atoms with Crippen LogP contribution < -0.4 is 4.74 Å². The highest BCUT2D eigenvalue weighted by atomic mass is 79.9. The summed E-state index contributed by atoms with van der Waals surface area (Å²) in [7, 11) is 0. The zero-order chi connectivity index (χ0) is 11.5. The van der Waals surface area contributed by atoms with Crippen molar-refractivity contribution in [2.45, 2.75) is 25.4 Å². The van der Waals surface area contributed by atoms with Crippen LogP contribution in [-0.2, 0) is 6.42 Å². The van der Waals surface area contributed by atoms with Gasteiger partial charge in [0.2, 0.25) is 0 Å². The molecular formula is C13H15BrN2O. The van der Waals surface area contributed by atoms with E-state index in [9.17, 15) is 0 Å². The number of halogens is 1. The summed E-state index contributed by atoms with van der Waals surface area (Å²) in [5, 5.41) is 0. The van der Waals surface area contributed by atoms with E-state index in [1.165, 1.54) is 32.5 Å². The van der Waals surface area contributed by atoms with Crippen LogP contribution in [-0.4, -0.2) is 35.6 Å². The van der Waals surface area contributed by atoms with Crippen LogP contribution in [0, 0.1) is 5.41 Å². The summed E-state index contributed by atoms with van der Waals surface area (Å²) < 4.78 is 7.12. The van der Waals surface area contributed by atoms with Gasteiger partial charge in [-0.3, -0.25) is 0 Å². The quantitative estimate of drug-likeness (QED) is 0.686. The van der Waals surface area contributed by atoms with Gasteiger partial charge < -0.3 is 9.64 Å². The number of fused-ring (bicyclic) bond motifs is 2. The van der Waals surface area contributed by atoms with E-state index in [1.54, 1.807) is 0 Å². The minimum absolute atomic E-state index is 0.346. The molecule has 3 aliphatic rings. The molecule has 0 aromatic carbocycles. The highest BCUT2D eigenvalue weighted by molar-refractivity contribution is 9.10. The molecular weight excluding hydrogens is 280 g/mol. The van der Waals surface area contributed by atoms with E-state index in [2.05, 4.69) is 31.9 Å². The summed E-state index contributed by atoms with van der Waals surface area (Å²) in [6, 6.07) is 4.03. The number of ether oxygens (including phenoxy) is 1. The number of rotatable bonds is 0. The molecule has 4 heteroatoms. The van der Waals surface area contributed by atoms with Crippen LogP contribution in [0.5, 0.6) is 5.75 Å². The molecule has 4 heterocycles. The molecule has 4 rings (SSSR count). The SMILES string of the molecule is Brc1ccc2c(n1)C[C@@]13CCN(CC[C@H]1O2)C3. The first-order valence-corrected chi connectivity index (χ1v) is 7.09. The van der Waals surface area contributed by atoms with Crippen LogP contribution in [0.15, 0.2) is 16.7 Å². The molecule has 0 amide bonds. The first-order valence-electron chi connectivity index (χ1n) is 6.30. The number of hydrogen-bond acceptors (Lipinski definition) is 3. The lowest BCUT2D eigenvalue weighted by atomic mass is 9.73. The number of hydrogen-bond donors (Lipinski definition) is 0. The van der Waals surface area contributed by atoms with Crippen molar-refractivity contribution in [1.29, 1.82) is 0 Å². The molecule has 0 aliphatic carbocycles. The zero-order valence-corrected chi connectivity index (χ0v) is 11.2. The van der Waals surface area contributed by atoms with Gasteiger partial charge in [-0.1, -0.05) is 0 Å². The van der Waals surface area contributed by atoms with E-state index in [0.29, 0.717) is 11.5 Å². The number of nitrogens with zero attached hydrogens (tertiary/aromatic N) is 2. The van der Waals surface area contributed by atoms with Crippen LogP contribution in [0.25, 0.3) is 0 Å². The van der Waals surface area contributed by atoms with Gasteiger partial charge in [-0.25, -0.2) is 4.98 Å². The molecule has 1 aromatic heterocycles. The standard InChI is InChI=1S/C13H15BrN2O/c14-12-2-1-10-9(15-12)7-13-4-6-16(8-13)5-3-11(13)17-10/h1-2,11H,3-8H2/t11-,13-/m1/s1. The molecule has 1 unspecified atom stereocenters. The molecule has 17 heavy (non-hydrogen) atoms. The molecule has 2 fully saturated rings. The summed E-state index contributed by atoms with van der Waals surface area (Å²) in [6.45, 7) is 3.64. The van der Waals surface area contributed by atoms with Crippen molar-refractivity contribution in [2.75, 3.05) is 19.6 Å². The maximum Gasteiger partial charge on any atom is 0.141 e. The Morgan fingerprint density at radius 2 is 2.35 bits per heavy atom. The number of pyridine rings is 1. The van der Waals surface area contributed by atoms with Crippen LogP contribution in [0.2, 0.25) is 0 Å². The zero-order valence-electron chi connectivity index (χ0n) is 9.66. The summed E-state index contributed by atoms with van der Waals surface area (Å²) in [4.78, 5) is 7.16. The van der Waals surface area contributed by atoms with E-state index in [4.69, 9.17) is 4.74 Å². The Hall–Kier alpha value is -0.610. The lowest BCUT2D eigenvalue weighted by Gasteiger charge is -2.44. The molecule has 3 atom stereocenters. The second-order valence-electron chi connectivity index (χ2n) is 5.54. The minimum Gasteiger partial charge on any atom is -0.488 e. The highest BCUT2D eigenvalue weighted by Gasteiger charge is 2.51. The maximum absolute atomic E-state index is 6.20. The Bertz CT molecular complexity index is 478. The average molecular weight is 295 g/mol. The number of piperidine rings is 1. The fourth-order valence-corrected chi connectivity index (χ4v) is 4.01. The number of aromatic nitrogens is 1. The van der Waals surface area contributed by atoms with Gasteiger partial charge in [0, 0.05) is 24.9 Å². The third-order valence-electron chi connectivity index (χ3n) is 4.54. The van der Waals surface area contributed by atoms with Crippen molar-refractivity contribution in [3.8, 4) is 5.75 Å². The largest absolute Gasteiger partial charge is 0.488 e. The van der Waals surface area contributed by atoms with Crippen LogP contribution in [0.4, 0.5) is 0 Å². The molecule has 1 aromatic rings. The van der Waals surface area contributed by atoms with Crippen molar-refractivity contribution in [3.63, 3.8) is 0 Å². The van der Waals surface area contributed by atoms with E-state index in [1.807, 2.05) is 6.07 Å². The maximum atomic E-state index is 6.20. The Balaban J connectivity index is 1.77. The molecule has 0 N–H and O–H groups in total. The summed E-state index contributed by atoms with van der Waals surface area (Å²) in [5.74, 6) is 1.00. The predicted molar refractivity (Wildman–Crippen MR) is 68.2 cm³/mol. The summed E-state index contributed by atoms with van der Waals surface area (Å²) in [6.07, 6.45) is 3.95. The van der Waals surface area contributed by atoms with Gasteiger partial charge in [0.1, 0.15) is 16.5 Å². The Morgan fingerprint density at radius 3 is 3.29 bits per heavy atom. The smallest absolute Gasteiger partial charge is 0.141 e. The van der Waals surface area contributed by atoms with Gasteiger partial charge in [0.05, 0.1) is 5.69 Å².